The lowest BCUT2D eigenvalue weighted by atomic mass is 9.80. The minimum absolute atomic E-state index is 0.00288. The summed E-state index contributed by atoms with van der Waals surface area (Å²) in [4.78, 5) is 0. The highest BCUT2D eigenvalue weighted by molar-refractivity contribution is 5.23. The van der Waals surface area contributed by atoms with Crippen LogP contribution in [-0.2, 0) is 23.7 Å². The average Bonchev–Trinajstić information content (AvgIpc) is 3.00. The molecule has 0 amide bonds. The topological polar surface area (TPSA) is 46.2 Å². The van der Waals surface area contributed by atoms with Crippen molar-refractivity contribution >= 4 is 0 Å². The molecule has 0 bridgehead atoms. The van der Waals surface area contributed by atoms with Gasteiger partial charge in [0.25, 0.3) is 0 Å². The summed E-state index contributed by atoms with van der Waals surface area (Å²) in [6, 6.07) is 2.00. The van der Waals surface area contributed by atoms with Crippen LogP contribution in [0, 0.1) is 41.1 Å². The SMILES string of the molecule is CCCCCC1COC(C2COC(C3CCC(C(F)(F)OC4CCC(c5cc(F)c(F)c(F)c5)CC4)CC3)OC2)OC1. The van der Waals surface area contributed by atoms with E-state index in [2.05, 4.69) is 6.92 Å². The first-order chi connectivity index (χ1) is 20.2. The van der Waals surface area contributed by atoms with Gasteiger partial charge in [-0.2, -0.15) is 8.78 Å². The van der Waals surface area contributed by atoms with E-state index in [0.29, 0.717) is 89.3 Å². The van der Waals surface area contributed by atoms with Gasteiger partial charge < -0.3 is 23.7 Å². The van der Waals surface area contributed by atoms with Crippen LogP contribution in [0.4, 0.5) is 22.0 Å². The van der Waals surface area contributed by atoms with Crippen LogP contribution in [0.1, 0.15) is 95.5 Å². The number of rotatable bonds is 10. The maximum absolute atomic E-state index is 15.2. The van der Waals surface area contributed by atoms with Gasteiger partial charge in [0.15, 0.2) is 30.0 Å². The second-order valence-corrected chi connectivity index (χ2v) is 12.8. The standard InChI is InChI=1S/C32H45F5O5/c1-2-3-4-5-20-16-38-31(39-17-20)24-18-40-30(41-19-24)22-6-10-25(11-7-22)32(36,37)42-26-12-8-21(9-13-26)23-14-27(33)29(35)28(34)15-23/h14-15,20-22,24-26,30-31H,2-13,16-19H2,1H3. The highest BCUT2D eigenvalue weighted by atomic mass is 19.3. The Balaban J connectivity index is 1.00. The van der Waals surface area contributed by atoms with Crippen molar-refractivity contribution in [3.63, 3.8) is 0 Å². The second kappa shape index (κ2) is 14.6. The summed E-state index contributed by atoms with van der Waals surface area (Å²) in [5.41, 5.74) is 0.360. The van der Waals surface area contributed by atoms with Gasteiger partial charge in [0.2, 0.25) is 0 Å². The Morgan fingerprint density at radius 1 is 0.738 bits per heavy atom. The summed E-state index contributed by atoms with van der Waals surface area (Å²) in [5, 5.41) is 0. The number of benzene rings is 1. The van der Waals surface area contributed by atoms with E-state index >= 15 is 8.78 Å². The predicted molar refractivity (Wildman–Crippen MR) is 145 cm³/mol. The van der Waals surface area contributed by atoms with Crippen LogP contribution in [0.5, 0.6) is 0 Å². The van der Waals surface area contributed by atoms with Crippen molar-refractivity contribution in [2.24, 2.45) is 23.7 Å². The molecule has 1 aromatic carbocycles. The molecule has 2 heterocycles. The molecule has 238 valence electrons. The van der Waals surface area contributed by atoms with Gasteiger partial charge in [-0.3, -0.25) is 0 Å². The molecule has 4 aliphatic rings. The maximum Gasteiger partial charge on any atom is 0.358 e. The van der Waals surface area contributed by atoms with Gasteiger partial charge in [0.05, 0.1) is 44.4 Å². The van der Waals surface area contributed by atoms with Gasteiger partial charge in [-0.1, -0.05) is 26.2 Å². The van der Waals surface area contributed by atoms with Crippen molar-refractivity contribution in [2.45, 2.75) is 115 Å². The van der Waals surface area contributed by atoms with Crippen molar-refractivity contribution in [3.05, 3.63) is 35.1 Å². The van der Waals surface area contributed by atoms with E-state index in [1.807, 2.05) is 0 Å². The lowest BCUT2D eigenvalue weighted by molar-refractivity contribution is -0.310. The van der Waals surface area contributed by atoms with Gasteiger partial charge in [0.1, 0.15) is 0 Å². The summed E-state index contributed by atoms with van der Waals surface area (Å²) in [5.74, 6) is -4.54. The van der Waals surface area contributed by atoms with Crippen LogP contribution >= 0.6 is 0 Å². The Morgan fingerprint density at radius 2 is 1.31 bits per heavy atom. The van der Waals surface area contributed by atoms with Crippen LogP contribution in [0.25, 0.3) is 0 Å². The Morgan fingerprint density at radius 3 is 1.90 bits per heavy atom. The van der Waals surface area contributed by atoms with E-state index in [1.165, 1.54) is 19.3 Å². The molecule has 10 heteroatoms. The highest BCUT2D eigenvalue weighted by Crippen LogP contribution is 2.44. The fourth-order valence-corrected chi connectivity index (χ4v) is 7.01. The van der Waals surface area contributed by atoms with Crippen molar-refractivity contribution < 1.29 is 45.6 Å². The number of hydrogen-bond donors (Lipinski definition) is 0. The Hall–Kier alpha value is -1.33. The zero-order valence-corrected chi connectivity index (χ0v) is 24.5. The molecule has 2 saturated carbocycles. The van der Waals surface area contributed by atoms with Gasteiger partial charge in [-0.05, 0) is 81.4 Å². The molecule has 0 unspecified atom stereocenters. The van der Waals surface area contributed by atoms with Gasteiger partial charge in [-0.15, -0.1) is 0 Å². The highest BCUT2D eigenvalue weighted by Gasteiger charge is 2.46. The molecule has 2 saturated heterocycles. The zero-order valence-electron chi connectivity index (χ0n) is 24.5. The average molecular weight is 605 g/mol. The summed E-state index contributed by atoms with van der Waals surface area (Å²) in [6.45, 7) is 4.53. The second-order valence-electron chi connectivity index (χ2n) is 12.8. The Labute approximate surface area is 245 Å². The van der Waals surface area contributed by atoms with E-state index in [0.717, 1.165) is 18.6 Å². The third-order valence-electron chi connectivity index (χ3n) is 9.65. The third-order valence-corrected chi connectivity index (χ3v) is 9.65. The van der Waals surface area contributed by atoms with Crippen molar-refractivity contribution in [1.82, 2.24) is 0 Å². The van der Waals surface area contributed by atoms with Gasteiger partial charge in [-0.25, -0.2) is 13.2 Å². The molecule has 1 aromatic rings. The molecule has 0 atom stereocenters. The first-order valence-corrected chi connectivity index (χ1v) is 15.9. The van der Waals surface area contributed by atoms with Crippen molar-refractivity contribution in [3.8, 4) is 0 Å². The van der Waals surface area contributed by atoms with E-state index in [9.17, 15) is 13.2 Å². The van der Waals surface area contributed by atoms with E-state index < -0.39 is 41.9 Å². The predicted octanol–water partition coefficient (Wildman–Crippen LogP) is 8.10. The molecule has 42 heavy (non-hydrogen) atoms. The van der Waals surface area contributed by atoms with Crippen LogP contribution in [-0.4, -0.2) is 51.2 Å². The monoisotopic (exact) mass is 604 g/mol. The number of alkyl halides is 2. The van der Waals surface area contributed by atoms with E-state index in [1.54, 1.807) is 0 Å². The van der Waals surface area contributed by atoms with Crippen molar-refractivity contribution in [2.75, 3.05) is 26.4 Å². The summed E-state index contributed by atoms with van der Waals surface area (Å²) < 4.78 is 100. The molecule has 4 fully saturated rings. The van der Waals surface area contributed by atoms with Gasteiger partial charge >= 0.3 is 6.11 Å². The van der Waals surface area contributed by atoms with Crippen LogP contribution in [0.3, 0.4) is 0 Å². The zero-order chi connectivity index (χ0) is 29.7. The molecule has 5 nitrogen and oxygen atoms in total. The number of hydrogen-bond acceptors (Lipinski definition) is 5. The van der Waals surface area contributed by atoms with Gasteiger partial charge in [0, 0.05) is 11.8 Å². The number of unbranched alkanes of at least 4 members (excludes halogenated alkanes) is 2. The minimum Gasteiger partial charge on any atom is -0.352 e. The summed E-state index contributed by atoms with van der Waals surface area (Å²) in [7, 11) is 0. The molecule has 0 radical (unpaired) electrons. The summed E-state index contributed by atoms with van der Waals surface area (Å²) >= 11 is 0. The fraction of sp³-hybridized carbons (Fsp3) is 0.812. The maximum atomic E-state index is 15.2. The molecule has 5 rings (SSSR count). The normalized spacial score (nSPS) is 34.8. The molecular formula is C32H45F5O5. The smallest absolute Gasteiger partial charge is 0.352 e. The molecule has 2 aliphatic heterocycles. The lowest BCUT2D eigenvalue weighted by Gasteiger charge is -2.41. The minimum atomic E-state index is -3.25. The first-order valence-electron chi connectivity index (χ1n) is 15.9. The Bertz CT molecular complexity index is 957. The van der Waals surface area contributed by atoms with E-state index in [4.69, 9.17) is 23.7 Å². The molecule has 0 N–H and O–H groups in total. The molecule has 0 aromatic heterocycles. The van der Waals surface area contributed by atoms with Crippen molar-refractivity contribution in [1.29, 1.82) is 0 Å². The van der Waals surface area contributed by atoms with Crippen LogP contribution < -0.4 is 0 Å². The van der Waals surface area contributed by atoms with Crippen LogP contribution in [0.2, 0.25) is 0 Å². The molecule has 0 spiro atoms. The number of ether oxygens (including phenoxy) is 5. The molecular weight excluding hydrogens is 559 g/mol. The fourth-order valence-electron chi connectivity index (χ4n) is 7.01. The third kappa shape index (κ3) is 8.03. The van der Waals surface area contributed by atoms with Crippen LogP contribution in [0.15, 0.2) is 12.1 Å². The molecule has 2 aliphatic carbocycles. The largest absolute Gasteiger partial charge is 0.358 e. The number of halogens is 5. The summed E-state index contributed by atoms with van der Waals surface area (Å²) in [6.07, 6.45) is 3.54. The first kappa shape index (κ1) is 32.1. The Kier molecular flexibility index (Phi) is 11.2. The van der Waals surface area contributed by atoms with E-state index in [-0.39, 0.29) is 24.0 Å². The quantitative estimate of drug-likeness (QED) is 0.153. The lowest BCUT2D eigenvalue weighted by Crippen LogP contribution is -2.47.